The van der Waals surface area contributed by atoms with Crippen molar-refractivity contribution in [2.24, 2.45) is 13.0 Å². The van der Waals surface area contributed by atoms with Crippen molar-refractivity contribution in [1.29, 1.82) is 0 Å². The van der Waals surface area contributed by atoms with Crippen molar-refractivity contribution in [3.8, 4) is 0 Å². The van der Waals surface area contributed by atoms with Gasteiger partial charge in [0.15, 0.2) is 0 Å². The van der Waals surface area contributed by atoms with Crippen LogP contribution in [-0.2, 0) is 7.05 Å². The van der Waals surface area contributed by atoms with Crippen molar-refractivity contribution in [3.05, 3.63) is 18.0 Å². The van der Waals surface area contributed by atoms with Gasteiger partial charge in [-0.15, -0.1) is 0 Å². The maximum atomic E-state index is 12.0. The van der Waals surface area contributed by atoms with E-state index < -0.39 is 0 Å². The van der Waals surface area contributed by atoms with Crippen LogP contribution in [0.4, 0.5) is 0 Å². The number of carbonyl (C=O) groups is 1. The van der Waals surface area contributed by atoms with Gasteiger partial charge in [-0.05, 0) is 25.8 Å². The highest BCUT2D eigenvalue weighted by Crippen LogP contribution is 2.16. The summed E-state index contributed by atoms with van der Waals surface area (Å²) < 4.78 is 1.64. The topological polar surface area (TPSA) is 58.9 Å². The van der Waals surface area contributed by atoms with Crippen molar-refractivity contribution < 1.29 is 4.79 Å². The van der Waals surface area contributed by atoms with Crippen LogP contribution in [0.3, 0.4) is 0 Å². The molecule has 3 atom stereocenters. The van der Waals surface area contributed by atoms with Gasteiger partial charge in [0.05, 0.1) is 11.8 Å². The summed E-state index contributed by atoms with van der Waals surface area (Å²) >= 11 is 0. The highest BCUT2D eigenvalue weighted by molar-refractivity contribution is 5.93. The summed E-state index contributed by atoms with van der Waals surface area (Å²) in [6.45, 7) is 5.33. The van der Waals surface area contributed by atoms with Crippen LogP contribution in [0.5, 0.6) is 0 Å². The Morgan fingerprint density at radius 3 is 2.94 bits per heavy atom. The van der Waals surface area contributed by atoms with E-state index in [0.717, 1.165) is 13.0 Å². The summed E-state index contributed by atoms with van der Waals surface area (Å²) in [6, 6.07) is 0.510. The zero-order valence-electron chi connectivity index (χ0n) is 10.6. The number of carbonyl (C=O) groups excluding carboxylic acids is 1. The molecule has 1 aromatic heterocycles. The molecule has 2 heterocycles. The second kappa shape index (κ2) is 4.87. The first-order chi connectivity index (χ1) is 8.08. The molecule has 1 aromatic rings. The molecule has 0 radical (unpaired) electrons. The largest absolute Gasteiger partial charge is 0.347 e. The Hall–Kier alpha value is -1.36. The maximum Gasteiger partial charge on any atom is 0.254 e. The van der Waals surface area contributed by atoms with Gasteiger partial charge < -0.3 is 10.6 Å². The quantitative estimate of drug-likeness (QED) is 0.788. The van der Waals surface area contributed by atoms with E-state index in [1.165, 1.54) is 0 Å². The van der Waals surface area contributed by atoms with E-state index >= 15 is 0 Å². The molecule has 5 nitrogen and oxygen atoms in total. The zero-order valence-corrected chi connectivity index (χ0v) is 10.6. The molecule has 5 heteroatoms. The SMILES string of the molecule is CC1CCNC(C)C1NC(=O)c1cnn(C)c1. The number of aromatic nitrogens is 2. The smallest absolute Gasteiger partial charge is 0.254 e. The Labute approximate surface area is 102 Å². The van der Waals surface area contributed by atoms with Gasteiger partial charge in [-0.3, -0.25) is 9.48 Å². The van der Waals surface area contributed by atoms with Gasteiger partial charge in [0.1, 0.15) is 0 Å². The molecule has 1 fully saturated rings. The van der Waals surface area contributed by atoms with Crippen LogP contribution in [0.2, 0.25) is 0 Å². The van der Waals surface area contributed by atoms with Crippen LogP contribution in [0.25, 0.3) is 0 Å². The Bertz CT molecular complexity index is 391. The number of aryl methyl sites for hydroxylation is 1. The lowest BCUT2D eigenvalue weighted by molar-refractivity contribution is 0.0897. The van der Waals surface area contributed by atoms with Crippen molar-refractivity contribution in [1.82, 2.24) is 20.4 Å². The first-order valence-corrected chi connectivity index (χ1v) is 6.11. The molecule has 0 bridgehead atoms. The molecule has 0 aliphatic carbocycles. The molecule has 1 aliphatic rings. The van der Waals surface area contributed by atoms with Crippen molar-refractivity contribution >= 4 is 5.91 Å². The highest BCUT2D eigenvalue weighted by atomic mass is 16.1. The molecule has 2 rings (SSSR count). The Balaban J connectivity index is 2.02. The van der Waals surface area contributed by atoms with Crippen LogP contribution in [0.15, 0.2) is 12.4 Å². The second-order valence-corrected chi connectivity index (χ2v) is 4.91. The number of hydrogen-bond donors (Lipinski definition) is 2. The number of rotatable bonds is 2. The van der Waals surface area contributed by atoms with E-state index in [1.54, 1.807) is 17.1 Å². The normalized spacial score (nSPS) is 29.0. The average molecular weight is 236 g/mol. The molecule has 0 saturated carbocycles. The maximum absolute atomic E-state index is 12.0. The average Bonchev–Trinajstić information content (AvgIpc) is 2.70. The Kier molecular flexibility index (Phi) is 3.47. The standard InChI is InChI=1S/C12H20N4O/c1-8-4-5-13-9(2)11(8)15-12(17)10-6-14-16(3)7-10/h6-9,11,13H,4-5H2,1-3H3,(H,15,17). The van der Waals surface area contributed by atoms with E-state index in [9.17, 15) is 4.79 Å². The summed E-state index contributed by atoms with van der Waals surface area (Å²) in [7, 11) is 1.81. The van der Waals surface area contributed by atoms with Crippen molar-refractivity contribution in [2.75, 3.05) is 6.54 Å². The van der Waals surface area contributed by atoms with Gasteiger partial charge in [0, 0.05) is 25.3 Å². The van der Waals surface area contributed by atoms with E-state index in [4.69, 9.17) is 0 Å². The molecular formula is C12H20N4O. The van der Waals surface area contributed by atoms with Gasteiger partial charge in [-0.2, -0.15) is 5.10 Å². The van der Waals surface area contributed by atoms with Crippen LogP contribution >= 0.6 is 0 Å². The molecule has 17 heavy (non-hydrogen) atoms. The van der Waals surface area contributed by atoms with Crippen LogP contribution in [-0.4, -0.2) is 34.3 Å². The predicted molar refractivity (Wildman–Crippen MR) is 65.7 cm³/mol. The fourth-order valence-electron chi connectivity index (χ4n) is 2.38. The first kappa shape index (κ1) is 12.1. The van der Waals surface area contributed by atoms with Gasteiger partial charge in [0.2, 0.25) is 0 Å². The lowest BCUT2D eigenvalue weighted by Crippen LogP contribution is -2.55. The highest BCUT2D eigenvalue weighted by Gasteiger charge is 2.29. The molecular weight excluding hydrogens is 216 g/mol. The van der Waals surface area contributed by atoms with E-state index in [0.29, 0.717) is 17.5 Å². The number of nitrogens with one attached hydrogen (secondary N) is 2. The number of nitrogens with zero attached hydrogens (tertiary/aromatic N) is 2. The number of piperidine rings is 1. The van der Waals surface area contributed by atoms with E-state index in [-0.39, 0.29) is 11.9 Å². The molecule has 1 saturated heterocycles. The monoisotopic (exact) mass is 236 g/mol. The minimum Gasteiger partial charge on any atom is -0.347 e. The second-order valence-electron chi connectivity index (χ2n) is 4.91. The van der Waals surface area contributed by atoms with E-state index in [2.05, 4.69) is 29.6 Å². The summed E-state index contributed by atoms with van der Waals surface area (Å²) in [5.74, 6) is 0.470. The number of hydrogen-bond acceptors (Lipinski definition) is 3. The summed E-state index contributed by atoms with van der Waals surface area (Å²) in [5.41, 5.74) is 0.623. The minimum atomic E-state index is -0.0366. The fourth-order valence-corrected chi connectivity index (χ4v) is 2.38. The minimum absolute atomic E-state index is 0.0366. The third kappa shape index (κ3) is 2.66. The molecule has 3 unspecified atom stereocenters. The van der Waals surface area contributed by atoms with Crippen molar-refractivity contribution in [2.45, 2.75) is 32.4 Å². The Morgan fingerprint density at radius 2 is 2.35 bits per heavy atom. The summed E-state index contributed by atoms with van der Waals surface area (Å²) in [4.78, 5) is 12.0. The summed E-state index contributed by atoms with van der Waals surface area (Å²) in [5, 5.41) is 10.5. The summed E-state index contributed by atoms with van der Waals surface area (Å²) in [6.07, 6.45) is 4.43. The van der Waals surface area contributed by atoms with Crippen LogP contribution in [0, 0.1) is 5.92 Å². The lowest BCUT2D eigenvalue weighted by atomic mass is 9.89. The van der Waals surface area contributed by atoms with Crippen molar-refractivity contribution in [3.63, 3.8) is 0 Å². The molecule has 1 amide bonds. The molecule has 1 aliphatic heterocycles. The van der Waals surface area contributed by atoms with Gasteiger partial charge in [-0.1, -0.05) is 6.92 Å². The molecule has 2 N–H and O–H groups in total. The third-order valence-electron chi connectivity index (χ3n) is 3.48. The molecule has 0 spiro atoms. The lowest BCUT2D eigenvalue weighted by Gasteiger charge is -2.35. The van der Waals surface area contributed by atoms with Crippen LogP contribution in [0.1, 0.15) is 30.6 Å². The first-order valence-electron chi connectivity index (χ1n) is 6.11. The number of amides is 1. The zero-order chi connectivity index (χ0) is 12.4. The predicted octanol–water partition coefficient (Wildman–Crippen LogP) is 0.536. The fraction of sp³-hybridized carbons (Fsp3) is 0.667. The third-order valence-corrected chi connectivity index (χ3v) is 3.48. The van der Waals surface area contributed by atoms with Gasteiger partial charge in [-0.25, -0.2) is 0 Å². The molecule has 94 valence electrons. The van der Waals surface area contributed by atoms with Gasteiger partial charge in [0.25, 0.3) is 5.91 Å². The Morgan fingerprint density at radius 1 is 1.59 bits per heavy atom. The van der Waals surface area contributed by atoms with Gasteiger partial charge >= 0.3 is 0 Å². The molecule has 0 aromatic carbocycles. The van der Waals surface area contributed by atoms with E-state index in [1.807, 2.05) is 7.05 Å². The van der Waals surface area contributed by atoms with Crippen LogP contribution < -0.4 is 10.6 Å².